The van der Waals surface area contributed by atoms with E-state index in [0.29, 0.717) is 5.02 Å². The molecule has 1 nitrogen and oxygen atoms in total. The first-order valence-corrected chi connectivity index (χ1v) is 8.31. The summed E-state index contributed by atoms with van der Waals surface area (Å²) in [6, 6.07) is 28.1. The summed E-state index contributed by atoms with van der Waals surface area (Å²) in [5, 5.41) is 2.97. The van der Waals surface area contributed by atoms with Gasteiger partial charge in [0.1, 0.15) is 5.75 Å². The lowest BCUT2D eigenvalue weighted by Gasteiger charge is -2.19. The van der Waals surface area contributed by atoms with Gasteiger partial charge in [0.25, 0.3) is 0 Å². The summed E-state index contributed by atoms with van der Waals surface area (Å²) in [7, 11) is -0.928. The summed E-state index contributed by atoms with van der Waals surface area (Å²) in [5.41, 5.74) is 0. The molecule has 3 aromatic carbocycles. The second-order valence-electron chi connectivity index (χ2n) is 4.49. The molecule has 0 saturated heterocycles. The molecule has 0 N–H and O–H groups in total. The van der Waals surface area contributed by atoms with Crippen molar-refractivity contribution >= 4 is 30.4 Å². The molecule has 3 heteroatoms. The molecule has 0 aromatic heterocycles. The molecule has 0 spiro atoms. The van der Waals surface area contributed by atoms with Crippen LogP contribution in [0.25, 0.3) is 0 Å². The molecular weight excluding hydrogens is 299 g/mol. The van der Waals surface area contributed by atoms with E-state index in [1.807, 2.05) is 60.7 Å². The molecule has 0 aliphatic carbocycles. The normalized spacial score (nSPS) is 10.6. The molecule has 0 radical (unpaired) electrons. The maximum Gasteiger partial charge on any atom is 0.150 e. The predicted molar refractivity (Wildman–Crippen MR) is 91.2 cm³/mol. The molecule has 0 bridgehead atoms. The minimum Gasteiger partial charge on any atom is -0.463 e. The van der Waals surface area contributed by atoms with Gasteiger partial charge in [-0.15, -0.1) is 0 Å². The Hall–Kier alpha value is -1.82. The first-order valence-electron chi connectivity index (χ1n) is 6.67. The van der Waals surface area contributed by atoms with Crippen molar-refractivity contribution in [3.63, 3.8) is 0 Å². The van der Waals surface area contributed by atoms with E-state index in [4.69, 9.17) is 16.1 Å². The largest absolute Gasteiger partial charge is 0.463 e. The Bertz CT molecular complexity index is 661. The van der Waals surface area contributed by atoms with Crippen LogP contribution in [0.5, 0.6) is 5.75 Å². The van der Waals surface area contributed by atoms with Crippen LogP contribution < -0.4 is 15.1 Å². The van der Waals surface area contributed by atoms with Crippen LogP contribution in [-0.4, -0.2) is 0 Å². The van der Waals surface area contributed by atoms with Crippen molar-refractivity contribution in [3.8, 4) is 5.75 Å². The summed E-state index contributed by atoms with van der Waals surface area (Å²) in [6.45, 7) is 0. The van der Waals surface area contributed by atoms with Crippen LogP contribution in [0.3, 0.4) is 0 Å². The fourth-order valence-corrected chi connectivity index (χ4v) is 3.98. The lowest BCUT2D eigenvalue weighted by molar-refractivity contribution is 0.630. The molecule has 3 aromatic rings. The van der Waals surface area contributed by atoms with Gasteiger partial charge in [-0.1, -0.05) is 84.4 Å². The van der Waals surface area contributed by atoms with Gasteiger partial charge in [-0.2, -0.15) is 0 Å². The Kier molecular flexibility index (Phi) is 4.55. The van der Waals surface area contributed by atoms with Gasteiger partial charge in [0.05, 0.1) is 5.02 Å². The van der Waals surface area contributed by atoms with Gasteiger partial charge in [-0.25, -0.2) is 0 Å². The minimum absolute atomic E-state index is 0.636. The Labute approximate surface area is 131 Å². The van der Waals surface area contributed by atoms with Crippen molar-refractivity contribution in [3.05, 3.63) is 90.0 Å². The van der Waals surface area contributed by atoms with Crippen LogP contribution in [0.15, 0.2) is 84.9 Å². The van der Waals surface area contributed by atoms with Crippen molar-refractivity contribution in [2.75, 3.05) is 0 Å². The molecule has 0 aliphatic rings. The SMILES string of the molecule is Clc1ccccc1OP(c1ccccc1)c1ccccc1. The number of para-hydroxylation sites is 1. The molecule has 0 unspecified atom stereocenters. The fraction of sp³-hybridized carbons (Fsp3) is 0. The number of hydrogen-bond acceptors (Lipinski definition) is 1. The lowest BCUT2D eigenvalue weighted by Crippen LogP contribution is -2.15. The molecule has 0 heterocycles. The topological polar surface area (TPSA) is 9.23 Å². The highest BCUT2D eigenvalue weighted by Gasteiger charge is 2.17. The fourth-order valence-electron chi connectivity index (χ4n) is 2.00. The van der Waals surface area contributed by atoms with Crippen molar-refractivity contribution in [2.45, 2.75) is 0 Å². The molecule has 0 fully saturated rings. The van der Waals surface area contributed by atoms with E-state index in [1.165, 1.54) is 10.6 Å². The van der Waals surface area contributed by atoms with Gasteiger partial charge in [0.2, 0.25) is 0 Å². The summed E-state index contributed by atoms with van der Waals surface area (Å²) in [5.74, 6) is 0.720. The summed E-state index contributed by atoms with van der Waals surface area (Å²) >= 11 is 6.23. The van der Waals surface area contributed by atoms with Crippen molar-refractivity contribution < 1.29 is 4.52 Å². The maximum absolute atomic E-state index is 6.25. The van der Waals surface area contributed by atoms with E-state index in [9.17, 15) is 0 Å². The van der Waals surface area contributed by atoms with E-state index in [1.54, 1.807) is 0 Å². The first kappa shape index (κ1) is 14.1. The van der Waals surface area contributed by atoms with Gasteiger partial charge in [0.15, 0.2) is 8.15 Å². The average molecular weight is 313 g/mol. The summed E-state index contributed by atoms with van der Waals surface area (Å²) in [4.78, 5) is 0. The van der Waals surface area contributed by atoms with Crippen LogP contribution in [0, 0.1) is 0 Å². The molecular formula is C18H14ClOP. The van der Waals surface area contributed by atoms with Crippen LogP contribution in [0.4, 0.5) is 0 Å². The smallest absolute Gasteiger partial charge is 0.150 e. The van der Waals surface area contributed by atoms with Gasteiger partial charge >= 0.3 is 0 Å². The maximum atomic E-state index is 6.25. The van der Waals surface area contributed by atoms with Gasteiger partial charge in [0, 0.05) is 10.6 Å². The number of benzene rings is 3. The van der Waals surface area contributed by atoms with Gasteiger partial charge in [-0.05, 0) is 12.1 Å². The second-order valence-corrected chi connectivity index (χ2v) is 6.70. The number of hydrogen-bond donors (Lipinski definition) is 0. The van der Waals surface area contributed by atoms with E-state index in [-0.39, 0.29) is 0 Å². The molecule has 0 amide bonds. The van der Waals surface area contributed by atoms with Crippen LogP contribution in [-0.2, 0) is 0 Å². The zero-order valence-corrected chi connectivity index (χ0v) is 13.0. The highest BCUT2D eigenvalue weighted by atomic mass is 35.5. The summed E-state index contributed by atoms with van der Waals surface area (Å²) < 4.78 is 6.25. The molecule has 0 saturated carbocycles. The average Bonchev–Trinajstić information content (AvgIpc) is 2.56. The van der Waals surface area contributed by atoms with E-state index >= 15 is 0 Å². The van der Waals surface area contributed by atoms with E-state index in [0.717, 1.165) is 5.75 Å². The minimum atomic E-state index is -0.928. The standard InChI is InChI=1S/C18H14ClOP/c19-17-13-7-8-14-18(17)20-21(15-9-3-1-4-10-15)16-11-5-2-6-12-16/h1-14H. The zero-order chi connectivity index (χ0) is 14.5. The first-order chi connectivity index (χ1) is 10.3. The predicted octanol–water partition coefficient (Wildman–Crippen LogP) is 4.77. The van der Waals surface area contributed by atoms with Crippen molar-refractivity contribution in [1.82, 2.24) is 0 Å². The number of halogens is 1. The highest BCUT2D eigenvalue weighted by Crippen LogP contribution is 2.39. The molecule has 0 atom stereocenters. The van der Waals surface area contributed by atoms with Crippen LogP contribution in [0.2, 0.25) is 5.02 Å². The number of rotatable bonds is 4. The molecule has 104 valence electrons. The molecule has 0 aliphatic heterocycles. The van der Waals surface area contributed by atoms with E-state index < -0.39 is 8.15 Å². The summed E-state index contributed by atoms with van der Waals surface area (Å²) in [6.07, 6.45) is 0. The Morgan fingerprint density at radius 2 is 1.10 bits per heavy atom. The highest BCUT2D eigenvalue weighted by molar-refractivity contribution is 7.68. The van der Waals surface area contributed by atoms with E-state index in [2.05, 4.69) is 24.3 Å². The van der Waals surface area contributed by atoms with Gasteiger partial charge in [-0.3, -0.25) is 0 Å². The van der Waals surface area contributed by atoms with Gasteiger partial charge < -0.3 is 4.52 Å². The third-order valence-corrected chi connectivity index (χ3v) is 5.23. The quantitative estimate of drug-likeness (QED) is 0.631. The molecule has 3 rings (SSSR count). The van der Waals surface area contributed by atoms with Crippen molar-refractivity contribution in [2.24, 2.45) is 0 Å². The second kappa shape index (κ2) is 6.76. The van der Waals surface area contributed by atoms with Crippen LogP contribution >= 0.6 is 19.7 Å². The third-order valence-electron chi connectivity index (χ3n) is 3.01. The Balaban J connectivity index is 1.99. The Morgan fingerprint density at radius 3 is 1.62 bits per heavy atom. The zero-order valence-electron chi connectivity index (χ0n) is 11.3. The Morgan fingerprint density at radius 1 is 0.619 bits per heavy atom. The van der Waals surface area contributed by atoms with Crippen LogP contribution in [0.1, 0.15) is 0 Å². The monoisotopic (exact) mass is 312 g/mol. The lowest BCUT2D eigenvalue weighted by atomic mass is 10.3. The van der Waals surface area contributed by atoms with Crippen molar-refractivity contribution in [1.29, 1.82) is 0 Å². The molecule has 21 heavy (non-hydrogen) atoms. The third kappa shape index (κ3) is 3.44.